The zero-order chi connectivity index (χ0) is 21.8. The first-order chi connectivity index (χ1) is 15.1. The fourth-order valence-electron chi connectivity index (χ4n) is 4.40. The molecule has 0 saturated carbocycles. The van der Waals surface area contributed by atoms with Gasteiger partial charge in [0.25, 0.3) is 0 Å². The highest BCUT2D eigenvalue weighted by atomic mass is 35.5. The van der Waals surface area contributed by atoms with Crippen molar-refractivity contribution in [3.63, 3.8) is 0 Å². The molecule has 1 fully saturated rings. The smallest absolute Gasteiger partial charge is 0.335 e. The Bertz CT molecular complexity index is 1100. The Morgan fingerprint density at radius 3 is 2.26 bits per heavy atom. The highest BCUT2D eigenvalue weighted by Gasteiger charge is 2.29. The molecule has 156 valence electrons. The van der Waals surface area contributed by atoms with Crippen LogP contribution in [0.5, 0.6) is 0 Å². The van der Waals surface area contributed by atoms with Gasteiger partial charge in [-0.05, 0) is 71.8 Å². The normalized spacial score (nSPS) is 15.3. The number of carbonyl (C=O) groups is 1. The maximum atomic E-state index is 11.1. The Balaban J connectivity index is 1.51. The van der Waals surface area contributed by atoms with Crippen LogP contribution >= 0.6 is 11.6 Å². The summed E-state index contributed by atoms with van der Waals surface area (Å²) in [6.45, 7) is 1.69. The number of hydrogen-bond acceptors (Lipinski definition) is 3. The number of nitrogens with zero attached hydrogens (tertiary/aromatic N) is 2. The molecule has 1 aliphatic rings. The lowest BCUT2D eigenvalue weighted by molar-refractivity contribution is 0.0697. The zero-order valence-corrected chi connectivity index (χ0v) is 17.8. The van der Waals surface area contributed by atoms with E-state index >= 15 is 0 Å². The Labute approximate surface area is 187 Å². The van der Waals surface area contributed by atoms with Crippen molar-refractivity contribution >= 4 is 23.3 Å². The van der Waals surface area contributed by atoms with Crippen molar-refractivity contribution in [3.05, 3.63) is 88.9 Å². The minimum absolute atomic E-state index is 0.177. The van der Waals surface area contributed by atoms with Gasteiger partial charge < -0.3 is 10.0 Å². The highest BCUT2D eigenvalue weighted by molar-refractivity contribution is 6.30. The van der Waals surface area contributed by atoms with E-state index < -0.39 is 5.97 Å². The number of halogens is 1. The van der Waals surface area contributed by atoms with Gasteiger partial charge in [0, 0.05) is 23.8 Å². The Morgan fingerprint density at radius 1 is 1.00 bits per heavy atom. The van der Waals surface area contributed by atoms with Crippen LogP contribution in [0.15, 0.2) is 72.8 Å². The van der Waals surface area contributed by atoms with E-state index in [1.54, 1.807) is 12.1 Å². The molecule has 31 heavy (non-hydrogen) atoms. The van der Waals surface area contributed by atoms with Crippen molar-refractivity contribution in [3.8, 4) is 17.2 Å². The topological polar surface area (TPSA) is 64.3 Å². The van der Waals surface area contributed by atoms with E-state index in [0.29, 0.717) is 10.6 Å². The van der Waals surface area contributed by atoms with E-state index in [2.05, 4.69) is 23.1 Å². The van der Waals surface area contributed by atoms with Gasteiger partial charge in [-0.25, -0.2) is 4.79 Å². The second-order valence-corrected chi connectivity index (χ2v) is 8.31. The summed E-state index contributed by atoms with van der Waals surface area (Å²) < 4.78 is 0. The van der Waals surface area contributed by atoms with Crippen LogP contribution in [-0.2, 0) is 0 Å². The molecule has 0 radical (unpaired) electrons. The van der Waals surface area contributed by atoms with Crippen LogP contribution in [0.4, 0.5) is 5.69 Å². The van der Waals surface area contributed by atoms with Crippen molar-refractivity contribution in [1.29, 1.82) is 5.26 Å². The van der Waals surface area contributed by atoms with E-state index in [1.165, 1.54) is 0 Å². The van der Waals surface area contributed by atoms with E-state index in [-0.39, 0.29) is 11.8 Å². The summed E-state index contributed by atoms with van der Waals surface area (Å²) in [6.07, 6.45) is 1.82. The SMILES string of the molecule is N#C[C@@H](c1ccccc1-c1ccc(Cl)cc1)C1CCN(c2ccc(C(=O)O)cc2)CC1. The van der Waals surface area contributed by atoms with Crippen molar-refractivity contribution < 1.29 is 9.90 Å². The van der Waals surface area contributed by atoms with Gasteiger partial charge in [-0.3, -0.25) is 0 Å². The van der Waals surface area contributed by atoms with Crippen molar-refractivity contribution in [2.45, 2.75) is 18.8 Å². The van der Waals surface area contributed by atoms with Crippen LogP contribution in [0.2, 0.25) is 5.02 Å². The van der Waals surface area contributed by atoms with Gasteiger partial charge in [0.1, 0.15) is 0 Å². The summed E-state index contributed by atoms with van der Waals surface area (Å²) >= 11 is 6.05. The highest BCUT2D eigenvalue weighted by Crippen LogP contribution is 2.38. The molecule has 0 unspecified atom stereocenters. The van der Waals surface area contributed by atoms with E-state index in [4.69, 9.17) is 16.7 Å². The van der Waals surface area contributed by atoms with E-state index in [9.17, 15) is 10.1 Å². The van der Waals surface area contributed by atoms with Gasteiger partial charge in [-0.2, -0.15) is 5.26 Å². The number of carboxylic acid groups (broad SMARTS) is 1. The summed E-state index contributed by atoms with van der Waals surface area (Å²) in [6, 6.07) is 25.5. The molecular formula is C26H23ClN2O2. The molecule has 0 amide bonds. The van der Waals surface area contributed by atoms with E-state index in [1.807, 2.05) is 48.5 Å². The fraction of sp³-hybridized carbons (Fsp3) is 0.231. The lowest BCUT2D eigenvalue weighted by Crippen LogP contribution is -2.35. The standard InChI is InChI=1S/C26H23ClN2O2/c27-21-9-5-18(6-10-21)23-3-1-2-4-24(23)25(17-28)19-13-15-29(16-14-19)22-11-7-20(8-12-22)26(30)31/h1-12,19,25H,13-16H2,(H,30,31)/t25-/m1/s1. The number of hydrogen-bond donors (Lipinski definition) is 1. The first kappa shape index (κ1) is 21.0. The van der Waals surface area contributed by atoms with Gasteiger partial charge in [-0.15, -0.1) is 0 Å². The molecule has 0 aliphatic carbocycles. The lowest BCUT2D eigenvalue weighted by atomic mass is 9.78. The van der Waals surface area contributed by atoms with Crippen LogP contribution in [0.3, 0.4) is 0 Å². The van der Waals surface area contributed by atoms with Crippen LogP contribution in [-0.4, -0.2) is 24.2 Å². The molecule has 1 aliphatic heterocycles. The monoisotopic (exact) mass is 430 g/mol. The number of benzene rings is 3. The summed E-state index contributed by atoms with van der Waals surface area (Å²) in [7, 11) is 0. The minimum Gasteiger partial charge on any atom is -0.478 e. The third kappa shape index (κ3) is 4.57. The second kappa shape index (κ2) is 9.24. The van der Waals surface area contributed by atoms with Crippen LogP contribution < -0.4 is 4.90 Å². The van der Waals surface area contributed by atoms with Gasteiger partial charge in [0.05, 0.1) is 17.6 Å². The summed E-state index contributed by atoms with van der Waals surface area (Å²) in [5, 5.41) is 19.9. The minimum atomic E-state index is -0.915. The Kier molecular flexibility index (Phi) is 6.25. The molecule has 3 aromatic rings. The van der Waals surface area contributed by atoms with Gasteiger partial charge in [0.2, 0.25) is 0 Å². The number of nitriles is 1. The molecule has 1 heterocycles. The van der Waals surface area contributed by atoms with Crippen molar-refractivity contribution in [2.75, 3.05) is 18.0 Å². The largest absolute Gasteiger partial charge is 0.478 e. The Hall–Kier alpha value is -3.29. The van der Waals surface area contributed by atoms with Crippen molar-refractivity contribution in [2.24, 2.45) is 5.92 Å². The third-order valence-electron chi connectivity index (χ3n) is 6.08. The number of piperidine rings is 1. The third-order valence-corrected chi connectivity index (χ3v) is 6.33. The average molecular weight is 431 g/mol. The molecule has 3 aromatic carbocycles. The number of aromatic carboxylic acids is 1. The van der Waals surface area contributed by atoms with Crippen LogP contribution in [0, 0.1) is 17.2 Å². The van der Waals surface area contributed by atoms with Crippen LogP contribution in [0.25, 0.3) is 11.1 Å². The molecule has 0 bridgehead atoms. The average Bonchev–Trinajstić information content (AvgIpc) is 2.81. The number of rotatable bonds is 5. The van der Waals surface area contributed by atoms with Gasteiger partial charge in [-0.1, -0.05) is 48.0 Å². The molecule has 4 rings (SSSR count). The first-order valence-electron chi connectivity index (χ1n) is 10.4. The predicted molar refractivity (Wildman–Crippen MR) is 124 cm³/mol. The van der Waals surface area contributed by atoms with Crippen LogP contribution in [0.1, 0.15) is 34.7 Å². The number of anilines is 1. The molecule has 5 heteroatoms. The molecule has 4 nitrogen and oxygen atoms in total. The van der Waals surface area contributed by atoms with Gasteiger partial charge >= 0.3 is 5.97 Å². The lowest BCUT2D eigenvalue weighted by Gasteiger charge is -2.36. The number of carboxylic acids is 1. The van der Waals surface area contributed by atoms with Crippen molar-refractivity contribution in [1.82, 2.24) is 0 Å². The quantitative estimate of drug-likeness (QED) is 0.521. The maximum absolute atomic E-state index is 11.1. The zero-order valence-electron chi connectivity index (χ0n) is 17.0. The maximum Gasteiger partial charge on any atom is 0.335 e. The fourth-order valence-corrected chi connectivity index (χ4v) is 4.52. The Morgan fingerprint density at radius 2 is 1.65 bits per heavy atom. The molecule has 0 spiro atoms. The molecule has 1 atom stereocenters. The second-order valence-electron chi connectivity index (χ2n) is 7.88. The van der Waals surface area contributed by atoms with Gasteiger partial charge in [0.15, 0.2) is 0 Å². The molecule has 0 aromatic heterocycles. The predicted octanol–water partition coefficient (Wildman–Crippen LogP) is 6.23. The summed E-state index contributed by atoms with van der Waals surface area (Å²) in [5.74, 6) is -0.821. The molecule has 1 N–H and O–H groups in total. The molecular weight excluding hydrogens is 408 g/mol. The van der Waals surface area contributed by atoms with E-state index in [0.717, 1.165) is 48.3 Å². The summed E-state index contributed by atoms with van der Waals surface area (Å²) in [4.78, 5) is 13.3. The first-order valence-corrected chi connectivity index (χ1v) is 10.8. The summed E-state index contributed by atoms with van der Waals surface area (Å²) in [5.41, 5.74) is 4.53. The molecule has 1 saturated heterocycles.